The SMILES string of the molecule is N[C@@H]1O[C@H](COP(=O)(O)O)C[C@H]1O.[H+].[H+]. The van der Waals surface area contributed by atoms with E-state index in [1.54, 1.807) is 0 Å². The maximum atomic E-state index is 10.3. The molecular formula is C5H14NO6P+2. The third kappa shape index (κ3) is 3.70. The van der Waals surface area contributed by atoms with E-state index in [4.69, 9.17) is 25.4 Å². The van der Waals surface area contributed by atoms with Crippen molar-refractivity contribution in [3.8, 4) is 0 Å². The molecule has 1 aliphatic rings. The van der Waals surface area contributed by atoms with Crippen LogP contribution in [0.25, 0.3) is 0 Å². The average molecular weight is 215 g/mol. The summed E-state index contributed by atoms with van der Waals surface area (Å²) in [7, 11) is -4.46. The molecule has 0 radical (unpaired) electrons. The molecule has 0 aliphatic carbocycles. The third-order valence-electron chi connectivity index (χ3n) is 1.66. The van der Waals surface area contributed by atoms with E-state index in [1.165, 1.54) is 0 Å². The summed E-state index contributed by atoms with van der Waals surface area (Å²) in [5.41, 5.74) is 5.29. The summed E-state index contributed by atoms with van der Waals surface area (Å²) < 4.78 is 19.4. The third-order valence-corrected chi connectivity index (χ3v) is 2.15. The van der Waals surface area contributed by atoms with E-state index in [9.17, 15) is 4.57 Å². The zero-order valence-electron chi connectivity index (χ0n) is 8.74. The quantitative estimate of drug-likeness (QED) is 0.434. The minimum Gasteiger partial charge on any atom is -0.389 e. The summed E-state index contributed by atoms with van der Waals surface area (Å²) in [6.45, 7) is -0.269. The molecule has 5 N–H and O–H groups in total. The van der Waals surface area contributed by atoms with Crippen LogP contribution in [-0.2, 0) is 13.8 Å². The molecule has 1 heterocycles. The number of hydrogen-bond acceptors (Lipinski definition) is 5. The molecule has 0 aromatic rings. The average Bonchev–Trinajstić information content (AvgIpc) is 2.27. The van der Waals surface area contributed by atoms with Crippen molar-refractivity contribution in [3.05, 3.63) is 0 Å². The number of phosphoric ester groups is 1. The van der Waals surface area contributed by atoms with Gasteiger partial charge in [0.25, 0.3) is 0 Å². The van der Waals surface area contributed by atoms with Crippen LogP contribution in [0.15, 0.2) is 0 Å². The second-order valence-electron chi connectivity index (χ2n) is 2.81. The fourth-order valence-electron chi connectivity index (χ4n) is 1.06. The van der Waals surface area contributed by atoms with Gasteiger partial charge in [0.2, 0.25) is 0 Å². The van der Waals surface area contributed by atoms with E-state index < -0.39 is 26.3 Å². The first kappa shape index (κ1) is 11.1. The Labute approximate surface area is 77.7 Å². The van der Waals surface area contributed by atoms with Gasteiger partial charge in [0.15, 0.2) is 0 Å². The van der Waals surface area contributed by atoms with Gasteiger partial charge in [-0.15, -0.1) is 0 Å². The van der Waals surface area contributed by atoms with Gasteiger partial charge in [0, 0.05) is 6.42 Å². The first-order valence-corrected chi connectivity index (χ1v) is 5.21. The van der Waals surface area contributed by atoms with Crippen LogP contribution in [0, 0.1) is 0 Å². The van der Waals surface area contributed by atoms with Gasteiger partial charge in [-0.05, 0) is 0 Å². The molecule has 1 rings (SSSR count). The number of hydrogen-bond donors (Lipinski definition) is 4. The lowest BCUT2D eigenvalue weighted by Gasteiger charge is -2.10. The lowest BCUT2D eigenvalue weighted by molar-refractivity contribution is -0.00587. The lowest BCUT2D eigenvalue weighted by atomic mass is 10.2. The minimum atomic E-state index is -4.46. The molecule has 8 heteroatoms. The highest BCUT2D eigenvalue weighted by atomic mass is 31.2. The van der Waals surface area contributed by atoms with Crippen LogP contribution in [0.5, 0.6) is 0 Å². The zero-order valence-corrected chi connectivity index (χ0v) is 7.63. The second kappa shape index (κ2) is 4.02. The summed E-state index contributed by atoms with van der Waals surface area (Å²) in [5.74, 6) is 0. The number of aliphatic hydroxyl groups excluding tert-OH is 1. The molecule has 13 heavy (non-hydrogen) atoms. The molecule has 0 aromatic carbocycles. The first-order valence-electron chi connectivity index (χ1n) is 3.67. The maximum absolute atomic E-state index is 10.3. The van der Waals surface area contributed by atoms with Crippen molar-refractivity contribution >= 4 is 7.82 Å². The van der Waals surface area contributed by atoms with Crippen molar-refractivity contribution in [2.24, 2.45) is 5.73 Å². The van der Waals surface area contributed by atoms with Crippen LogP contribution in [0.4, 0.5) is 0 Å². The molecule has 0 bridgehead atoms. The number of ether oxygens (including phenoxy) is 1. The van der Waals surface area contributed by atoms with Gasteiger partial charge in [-0.2, -0.15) is 0 Å². The number of nitrogens with two attached hydrogens (primary N) is 1. The predicted molar refractivity (Wildman–Crippen MR) is 43.7 cm³/mol. The van der Waals surface area contributed by atoms with Crippen LogP contribution in [0.3, 0.4) is 0 Å². The Kier molecular flexibility index (Phi) is 3.42. The molecule has 0 spiro atoms. The van der Waals surface area contributed by atoms with Crippen LogP contribution in [0.2, 0.25) is 0 Å². The van der Waals surface area contributed by atoms with E-state index in [0.29, 0.717) is 0 Å². The zero-order chi connectivity index (χ0) is 10.1. The second-order valence-corrected chi connectivity index (χ2v) is 4.05. The maximum Gasteiger partial charge on any atom is 1.00 e. The topological polar surface area (TPSA) is 122 Å². The predicted octanol–water partition coefficient (Wildman–Crippen LogP) is -1.24. The van der Waals surface area contributed by atoms with Crippen LogP contribution in [0.1, 0.15) is 9.27 Å². The van der Waals surface area contributed by atoms with E-state index in [1.807, 2.05) is 0 Å². The standard InChI is InChI=1S/C5H12NO6P/c6-5-4(7)1-3(12-5)2-11-13(8,9)10/h3-5,7H,1-2,6H2,(H2,8,9,10)/p+2/t3-,4+,5+/m0/s1. The Morgan fingerprint density at radius 3 is 2.69 bits per heavy atom. The van der Waals surface area contributed by atoms with Gasteiger partial charge < -0.3 is 25.4 Å². The normalized spacial score (nSPS) is 35.2. The number of phosphoric acid groups is 1. The van der Waals surface area contributed by atoms with E-state index in [-0.39, 0.29) is 15.9 Å². The highest BCUT2D eigenvalue weighted by Crippen LogP contribution is 2.36. The largest absolute Gasteiger partial charge is 1.00 e. The Morgan fingerprint density at radius 1 is 1.69 bits per heavy atom. The summed E-state index contributed by atoms with van der Waals surface area (Å²) in [6, 6.07) is 0. The summed E-state index contributed by atoms with van der Waals surface area (Å²) in [5, 5.41) is 9.10. The van der Waals surface area contributed by atoms with Crippen molar-refractivity contribution < 1.29 is 31.6 Å². The molecular weight excluding hydrogens is 201 g/mol. The molecule has 7 nitrogen and oxygen atoms in total. The Hall–Kier alpha value is -0.0100. The van der Waals surface area contributed by atoms with Gasteiger partial charge >= 0.3 is 10.7 Å². The van der Waals surface area contributed by atoms with Crippen molar-refractivity contribution in [3.63, 3.8) is 0 Å². The van der Waals surface area contributed by atoms with Gasteiger partial charge in [-0.3, -0.25) is 4.52 Å². The number of aliphatic hydroxyl groups is 1. The fourth-order valence-corrected chi connectivity index (χ4v) is 1.42. The smallest absolute Gasteiger partial charge is 0.389 e. The highest BCUT2D eigenvalue weighted by Gasteiger charge is 2.32. The summed E-state index contributed by atoms with van der Waals surface area (Å²) in [4.78, 5) is 16.7. The van der Waals surface area contributed by atoms with Gasteiger partial charge in [-0.25, -0.2) is 4.57 Å². The molecule has 0 amide bonds. The monoisotopic (exact) mass is 215 g/mol. The van der Waals surface area contributed by atoms with E-state index in [0.717, 1.165) is 0 Å². The van der Waals surface area contributed by atoms with Crippen molar-refractivity contribution in [2.45, 2.75) is 24.9 Å². The Morgan fingerprint density at radius 2 is 2.31 bits per heavy atom. The van der Waals surface area contributed by atoms with Crippen molar-refractivity contribution in [1.82, 2.24) is 0 Å². The molecule has 3 atom stereocenters. The molecule has 1 fully saturated rings. The van der Waals surface area contributed by atoms with Crippen LogP contribution >= 0.6 is 7.82 Å². The summed E-state index contributed by atoms with van der Waals surface area (Å²) >= 11 is 0. The highest BCUT2D eigenvalue weighted by molar-refractivity contribution is 7.46. The molecule has 0 unspecified atom stereocenters. The lowest BCUT2D eigenvalue weighted by Crippen LogP contribution is -2.30. The summed E-state index contributed by atoms with van der Waals surface area (Å²) in [6.07, 6.45) is -1.94. The van der Waals surface area contributed by atoms with Crippen LogP contribution in [-0.4, -0.2) is 39.9 Å². The molecule has 78 valence electrons. The van der Waals surface area contributed by atoms with Gasteiger partial charge in [0.05, 0.1) is 18.8 Å². The van der Waals surface area contributed by atoms with E-state index in [2.05, 4.69) is 4.52 Å². The Bertz CT molecular complexity index is 216. The fraction of sp³-hybridized carbons (Fsp3) is 1.00. The van der Waals surface area contributed by atoms with Gasteiger partial charge in [0.1, 0.15) is 6.23 Å². The molecule has 0 saturated carbocycles. The van der Waals surface area contributed by atoms with E-state index >= 15 is 0 Å². The molecule has 0 aromatic heterocycles. The van der Waals surface area contributed by atoms with Crippen LogP contribution < -0.4 is 5.73 Å². The van der Waals surface area contributed by atoms with Crippen molar-refractivity contribution in [2.75, 3.05) is 6.61 Å². The van der Waals surface area contributed by atoms with Gasteiger partial charge in [-0.1, -0.05) is 0 Å². The van der Waals surface area contributed by atoms with Crippen molar-refractivity contribution in [1.29, 1.82) is 0 Å². The molecule has 1 aliphatic heterocycles. The minimum absolute atomic E-state index is 0. The molecule has 1 saturated heterocycles. The first-order chi connectivity index (χ1) is 5.88. The Balaban J connectivity index is 0. The number of rotatable bonds is 3.